The van der Waals surface area contributed by atoms with Crippen molar-refractivity contribution in [2.75, 3.05) is 24.7 Å². The number of nitrogen functional groups attached to an aromatic ring is 1. The second-order valence-corrected chi connectivity index (χ2v) is 5.81. The van der Waals surface area contributed by atoms with Crippen LogP contribution in [0, 0.1) is 6.92 Å². The number of amides is 1. The Kier molecular flexibility index (Phi) is 5.10. The number of carbonyl (C=O) groups excluding carboxylic acids is 1. The number of thioether (sulfide) groups is 1. The lowest BCUT2D eigenvalue weighted by molar-refractivity contribution is -0.119. The first-order chi connectivity index (χ1) is 9.15. The Morgan fingerprint density at radius 3 is 2.89 bits per heavy atom. The van der Waals surface area contributed by atoms with Crippen LogP contribution in [0.15, 0.2) is 23.1 Å². The molecule has 3 N–H and O–H groups in total. The summed E-state index contributed by atoms with van der Waals surface area (Å²) in [5, 5.41) is 3.05. The van der Waals surface area contributed by atoms with Crippen molar-refractivity contribution in [1.29, 1.82) is 0 Å². The van der Waals surface area contributed by atoms with Gasteiger partial charge in [0.15, 0.2) is 0 Å². The van der Waals surface area contributed by atoms with Gasteiger partial charge in [-0.25, -0.2) is 0 Å². The van der Waals surface area contributed by atoms with E-state index in [9.17, 15) is 4.79 Å². The molecule has 0 radical (unpaired) electrons. The molecular weight excluding hydrogens is 260 g/mol. The number of rotatable bonds is 4. The summed E-state index contributed by atoms with van der Waals surface area (Å²) < 4.78 is 5.27. The third-order valence-electron chi connectivity index (χ3n) is 3.20. The maximum atomic E-state index is 11.8. The average molecular weight is 280 g/mol. The first-order valence-electron chi connectivity index (χ1n) is 6.51. The highest BCUT2D eigenvalue weighted by Crippen LogP contribution is 2.22. The van der Waals surface area contributed by atoms with Gasteiger partial charge in [0.1, 0.15) is 0 Å². The van der Waals surface area contributed by atoms with Gasteiger partial charge in [-0.15, -0.1) is 11.8 Å². The van der Waals surface area contributed by atoms with Crippen LogP contribution in [-0.2, 0) is 9.53 Å². The van der Waals surface area contributed by atoms with Crippen LogP contribution in [0.5, 0.6) is 0 Å². The van der Waals surface area contributed by atoms with Crippen LogP contribution >= 0.6 is 11.8 Å². The highest BCUT2D eigenvalue weighted by Gasteiger charge is 2.15. The number of nitrogens with two attached hydrogens (primary N) is 1. The van der Waals surface area contributed by atoms with Crippen molar-refractivity contribution >= 4 is 23.4 Å². The summed E-state index contributed by atoms with van der Waals surface area (Å²) in [6.07, 6.45) is 1.83. The second kappa shape index (κ2) is 6.82. The molecule has 0 spiro atoms. The molecule has 0 saturated carbocycles. The maximum Gasteiger partial charge on any atom is 0.230 e. The molecule has 104 valence electrons. The minimum Gasteiger partial charge on any atom is -0.399 e. The largest absolute Gasteiger partial charge is 0.399 e. The van der Waals surface area contributed by atoms with Crippen molar-refractivity contribution in [3.05, 3.63) is 23.8 Å². The van der Waals surface area contributed by atoms with E-state index in [4.69, 9.17) is 10.5 Å². The van der Waals surface area contributed by atoms with Gasteiger partial charge in [0.25, 0.3) is 0 Å². The zero-order valence-corrected chi connectivity index (χ0v) is 12.0. The molecule has 0 aliphatic carbocycles. The van der Waals surface area contributed by atoms with Gasteiger partial charge in [-0.2, -0.15) is 0 Å². The van der Waals surface area contributed by atoms with Crippen molar-refractivity contribution in [3.63, 3.8) is 0 Å². The molecule has 0 aromatic heterocycles. The molecule has 1 fully saturated rings. The summed E-state index contributed by atoms with van der Waals surface area (Å²) >= 11 is 1.54. The van der Waals surface area contributed by atoms with Gasteiger partial charge in [-0.3, -0.25) is 4.79 Å². The van der Waals surface area contributed by atoms with Crippen molar-refractivity contribution in [2.24, 2.45) is 0 Å². The standard InChI is InChI=1S/C14H20N2O2S/c1-10-8-12(2-3-13(10)15)19-9-14(17)16-11-4-6-18-7-5-11/h2-3,8,11H,4-7,9,15H2,1H3,(H,16,17). The summed E-state index contributed by atoms with van der Waals surface area (Å²) in [6, 6.07) is 6.12. The summed E-state index contributed by atoms with van der Waals surface area (Å²) in [5.74, 6) is 0.534. The summed E-state index contributed by atoms with van der Waals surface area (Å²) in [6.45, 7) is 3.46. The smallest absolute Gasteiger partial charge is 0.230 e. The third kappa shape index (κ3) is 4.44. The fourth-order valence-electron chi connectivity index (χ4n) is 2.00. The Morgan fingerprint density at radius 1 is 1.47 bits per heavy atom. The van der Waals surface area contributed by atoms with E-state index < -0.39 is 0 Å². The maximum absolute atomic E-state index is 11.8. The molecule has 1 heterocycles. The summed E-state index contributed by atoms with van der Waals surface area (Å²) in [4.78, 5) is 12.9. The second-order valence-electron chi connectivity index (χ2n) is 4.76. The van der Waals surface area contributed by atoms with E-state index >= 15 is 0 Å². The number of benzene rings is 1. The van der Waals surface area contributed by atoms with Crippen LogP contribution in [0.25, 0.3) is 0 Å². The van der Waals surface area contributed by atoms with Crippen molar-refractivity contribution in [3.8, 4) is 0 Å². The van der Waals surface area contributed by atoms with Gasteiger partial charge in [-0.05, 0) is 43.5 Å². The Balaban J connectivity index is 1.77. The van der Waals surface area contributed by atoms with E-state index in [1.807, 2.05) is 25.1 Å². The predicted octanol–water partition coefficient (Wildman–Crippen LogP) is 1.96. The van der Waals surface area contributed by atoms with Gasteiger partial charge >= 0.3 is 0 Å². The van der Waals surface area contributed by atoms with Crippen LogP contribution in [0.1, 0.15) is 18.4 Å². The first kappa shape index (κ1) is 14.2. The van der Waals surface area contributed by atoms with E-state index in [0.717, 1.165) is 42.2 Å². The summed E-state index contributed by atoms with van der Waals surface area (Å²) in [5.41, 5.74) is 7.61. The number of hydrogen-bond donors (Lipinski definition) is 2. The van der Waals surface area contributed by atoms with E-state index in [1.165, 1.54) is 0 Å². The molecule has 1 amide bonds. The van der Waals surface area contributed by atoms with Crippen molar-refractivity contribution < 1.29 is 9.53 Å². The van der Waals surface area contributed by atoms with Crippen molar-refractivity contribution in [1.82, 2.24) is 5.32 Å². The minimum absolute atomic E-state index is 0.0892. The van der Waals surface area contributed by atoms with E-state index in [2.05, 4.69) is 5.32 Å². The Bertz CT molecular complexity index is 445. The lowest BCUT2D eigenvalue weighted by atomic mass is 10.1. The highest BCUT2D eigenvalue weighted by atomic mass is 32.2. The van der Waals surface area contributed by atoms with Crippen LogP contribution in [0.2, 0.25) is 0 Å². The number of carbonyl (C=O) groups is 1. The van der Waals surface area contributed by atoms with Crippen LogP contribution < -0.4 is 11.1 Å². The van der Waals surface area contributed by atoms with E-state index in [1.54, 1.807) is 11.8 Å². The molecule has 1 aliphatic rings. The Morgan fingerprint density at radius 2 is 2.21 bits per heavy atom. The zero-order chi connectivity index (χ0) is 13.7. The molecule has 4 nitrogen and oxygen atoms in total. The average Bonchev–Trinajstić information content (AvgIpc) is 2.41. The van der Waals surface area contributed by atoms with Gasteiger partial charge < -0.3 is 15.8 Å². The zero-order valence-electron chi connectivity index (χ0n) is 11.1. The van der Waals surface area contributed by atoms with Gasteiger partial charge in [-0.1, -0.05) is 0 Å². The number of aryl methyl sites for hydroxylation is 1. The Labute approximate surface area is 118 Å². The van der Waals surface area contributed by atoms with Gasteiger partial charge in [0.2, 0.25) is 5.91 Å². The topological polar surface area (TPSA) is 64.3 Å². The lowest BCUT2D eigenvalue weighted by Gasteiger charge is -2.23. The van der Waals surface area contributed by atoms with E-state index in [-0.39, 0.29) is 11.9 Å². The number of ether oxygens (including phenoxy) is 1. The van der Waals surface area contributed by atoms with Crippen LogP contribution in [0.4, 0.5) is 5.69 Å². The normalized spacial score (nSPS) is 16.3. The molecule has 1 aromatic carbocycles. The SMILES string of the molecule is Cc1cc(SCC(=O)NC2CCOCC2)ccc1N. The van der Waals surface area contributed by atoms with E-state index in [0.29, 0.717) is 5.75 Å². The summed E-state index contributed by atoms with van der Waals surface area (Å²) in [7, 11) is 0. The minimum atomic E-state index is 0.0892. The monoisotopic (exact) mass is 280 g/mol. The highest BCUT2D eigenvalue weighted by molar-refractivity contribution is 8.00. The van der Waals surface area contributed by atoms with Gasteiger partial charge in [0, 0.05) is 29.8 Å². The number of nitrogens with one attached hydrogen (secondary N) is 1. The molecule has 19 heavy (non-hydrogen) atoms. The molecular formula is C14H20N2O2S. The number of hydrogen-bond acceptors (Lipinski definition) is 4. The first-order valence-corrected chi connectivity index (χ1v) is 7.50. The van der Waals surface area contributed by atoms with Crippen LogP contribution in [-0.4, -0.2) is 30.9 Å². The number of anilines is 1. The molecule has 1 saturated heterocycles. The lowest BCUT2D eigenvalue weighted by Crippen LogP contribution is -2.39. The molecule has 0 atom stereocenters. The molecule has 0 bridgehead atoms. The Hall–Kier alpha value is -1.20. The molecule has 1 aromatic rings. The molecule has 2 rings (SSSR count). The fourth-order valence-corrected chi connectivity index (χ4v) is 2.80. The van der Waals surface area contributed by atoms with Crippen LogP contribution in [0.3, 0.4) is 0 Å². The molecule has 0 unspecified atom stereocenters. The molecule has 5 heteroatoms. The third-order valence-corrected chi connectivity index (χ3v) is 4.19. The van der Waals surface area contributed by atoms with Gasteiger partial charge in [0.05, 0.1) is 5.75 Å². The fraction of sp³-hybridized carbons (Fsp3) is 0.500. The predicted molar refractivity (Wildman–Crippen MR) is 78.3 cm³/mol. The quantitative estimate of drug-likeness (QED) is 0.654. The van der Waals surface area contributed by atoms with Crippen molar-refractivity contribution in [2.45, 2.75) is 30.7 Å². The molecule has 1 aliphatic heterocycles.